The van der Waals surface area contributed by atoms with Crippen molar-refractivity contribution in [2.75, 3.05) is 0 Å². The maximum Gasteiger partial charge on any atom is 0.416 e. The van der Waals surface area contributed by atoms with E-state index in [2.05, 4.69) is 20.8 Å². The molecule has 0 N–H and O–H groups in total. The summed E-state index contributed by atoms with van der Waals surface area (Å²) >= 11 is 0. The second kappa shape index (κ2) is 6.93. The first-order valence-electron chi connectivity index (χ1n) is 8.06. The van der Waals surface area contributed by atoms with Gasteiger partial charge in [0.25, 0.3) is 0 Å². The van der Waals surface area contributed by atoms with E-state index in [1.807, 2.05) is 0 Å². The van der Waals surface area contributed by atoms with E-state index in [0.29, 0.717) is 11.8 Å². The second-order valence-electron chi connectivity index (χ2n) is 6.85. The van der Waals surface area contributed by atoms with E-state index in [1.54, 1.807) is 0 Å². The second-order valence-corrected chi connectivity index (χ2v) is 6.85. The molecule has 1 aromatic rings. The predicted octanol–water partition coefficient (Wildman–Crippen LogP) is 5.32. The summed E-state index contributed by atoms with van der Waals surface area (Å²) in [5.74, 6) is 0.438. The molecule has 0 bridgehead atoms. The van der Waals surface area contributed by atoms with Gasteiger partial charge in [-0.2, -0.15) is 13.2 Å². The van der Waals surface area contributed by atoms with Gasteiger partial charge in [0.2, 0.25) is 0 Å². The van der Waals surface area contributed by atoms with Crippen LogP contribution < -0.4 is 0 Å². The first kappa shape index (κ1) is 17.8. The summed E-state index contributed by atoms with van der Waals surface area (Å²) in [6.07, 6.45) is -1.83. The molecule has 2 nitrogen and oxygen atoms in total. The molecule has 0 heterocycles. The molecule has 1 saturated carbocycles. The van der Waals surface area contributed by atoms with E-state index < -0.39 is 17.7 Å². The SMILES string of the molecule is CC(C)[C@@H]1CC[C@@H](C)C[C@H]1OC(=O)c1cccc(C(F)(F)F)c1. The molecular formula is C18H23F3O2. The highest BCUT2D eigenvalue weighted by Gasteiger charge is 2.34. The van der Waals surface area contributed by atoms with Gasteiger partial charge in [-0.25, -0.2) is 4.79 Å². The van der Waals surface area contributed by atoms with Crippen LogP contribution in [0.4, 0.5) is 13.2 Å². The molecule has 0 radical (unpaired) electrons. The summed E-state index contributed by atoms with van der Waals surface area (Å²) < 4.78 is 43.9. The smallest absolute Gasteiger partial charge is 0.416 e. The van der Waals surface area contributed by atoms with Gasteiger partial charge in [0.05, 0.1) is 11.1 Å². The van der Waals surface area contributed by atoms with E-state index in [-0.39, 0.29) is 17.6 Å². The Balaban J connectivity index is 2.14. The van der Waals surface area contributed by atoms with Crippen molar-refractivity contribution < 1.29 is 22.7 Å². The van der Waals surface area contributed by atoms with Crippen LogP contribution in [0.15, 0.2) is 24.3 Å². The number of carbonyl (C=O) groups is 1. The fourth-order valence-electron chi connectivity index (χ4n) is 3.28. The quantitative estimate of drug-likeness (QED) is 0.702. The Morgan fingerprint density at radius 2 is 1.96 bits per heavy atom. The highest BCUT2D eigenvalue weighted by Crippen LogP contribution is 2.36. The average molecular weight is 328 g/mol. The topological polar surface area (TPSA) is 26.3 Å². The standard InChI is InChI=1S/C18H23F3O2/c1-11(2)15-8-7-12(3)9-16(15)23-17(22)13-5-4-6-14(10-13)18(19,20)21/h4-6,10-12,15-16H,7-9H2,1-3H3/t12-,15+,16-/m1/s1. The number of esters is 1. The fourth-order valence-corrected chi connectivity index (χ4v) is 3.28. The lowest BCUT2D eigenvalue weighted by atomic mass is 9.75. The molecule has 23 heavy (non-hydrogen) atoms. The molecule has 3 atom stereocenters. The van der Waals surface area contributed by atoms with E-state index in [9.17, 15) is 18.0 Å². The van der Waals surface area contributed by atoms with E-state index in [0.717, 1.165) is 31.4 Å². The van der Waals surface area contributed by atoms with E-state index in [1.165, 1.54) is 12.1 Å². The zero-order valence-electron chi connectivity index (χ0n) is 13.7. The van der Waals surface area contributed by atoms with Gasteiger partial charge in [-0.3, -0.25) is 0 Å². The van der Waals surface area contributed by atoms with Gasteiger partial charge < -0.3 is 4.74 Å². The van der Waals surface area contributed by atoms with E-state index in [4.69, 9.17) is 4.74 Å². The van der Waals surface area contributed by atoms with Gasteiger partial charge in [0.15, 0.2) is 0 Å². The minimum atomic E-state index is -4.46. The van der Waals surface area contributed by atoms with Gasteiger partial charge in [0.1, 0.15) is 6.10 Å². The summed E-state index contributed by atoms with van der Waals surface area (Å²) in [4.78, 5) is 12.3. The van der Waals surface area contributed by atoms with Crippen molar-refractivity contribution in [2.24, 2.45) is 17.8 Å². The monoisotopic (exact) mass is 328 g/mol. The van der Waals surface area contributed by atoms with Crippen LogP contribution >= 0.6 is 0 Å². The van der Waals surface area contributed by atoms with Crippen LogP contribution in [-0.4, -0.2) is 12.1 Å². The van der Waals surface area contributed by atoms with Crippen LogP contribution in [0.2, 0.25) is 0 Å². The van der Waals surface area contributed by atoms with Crippen LogP contribution in [-0.2, 0) is 10.9 Å². The molecule has 0 spiro atoms. The van der Waals surface area contributed by atoms with Crippen LogP contribution in [0.1, 0.15) is 56.0 Å². The highest BCUT2D eigenvalue weighted by molar-refractivity contribution is 5.89. The van der Waals surface area contributed by atoms with E-state index >= 15 is 0 Å². The first-order chi connectivity index (χ1) is 10.7. The lowest BCUT2D eigenvalue weighted by Gasteiger charge is -2.36. The Morgan fingerprint density at radius 1 is 1.26 bits per heavy atom. The molecule has 1 aliphatic rings. The van der Waals surface area contributed by atoms with Gasteiger partial charge in [-0.05, 0) is 48.8 Å². The summed E-state index contributed by atoms with van der Waals surface area (Å²) in [7, 11) is 0. The normalized spacial score (nSPS) is 25.4. The number of carbonyl (C=O) groups excluding carboxylic acids is 1. The van der Waals surface area contributed by atoms with Crippen molar-refractivity contribution >= 4 is 5.97 Å². The summed E-state index contributed by atoms with van der Waals surface area (Å²) in [6.45, 7) is 6.29. The molecule has 128 valence electrons. The van der Waals surface area contributed by atoms with Crippen LogP contribution in [0, 0.1) is 17.8 Å². The number of halogens is 3. The average Bonchev–Trinajstić information content (AvgIpc) is 2.46. The molecule has 1 aliphatic carbocycles. The largest absolute Gasteiger partial charge is 0.458 e. The zero-order valence-corrected chi connectivity index (χ0v) is 13.7. The third-order valence-corrected chi connectivity index (χ3v) is 4.65. The Hall–Kier alpha value is -1.52. The summed E-state index contributed by atoms with van der Waals surface area (Å²) in [5.41, 5.74) is -0.870. The van der Waals surface area contributed by atoms with Crippen molar-refractivity contribution in [3.63, 3.8) is 0 Å². The Bertz CT molecular complexity index is 551. The number of ether oxygens (including phenoxy) is 1. The maximum atomic E-state index is 12.8. The molecule has 1 aromatic carbocycles. The lowest BCUT2D eigenvalue weighted by Crippen LogP contribution is -2.35. The van der Waals surface area contributed by atoms with Crippen molar-refractivity contribution in [1.29, 1.82) is 0 Å². The fraction of sp³-hybridized carbons (Fsp3) is 0.611. The van der Waals surface area contributed by atoms with Gasteiger partial charge in [-0.15, -0.1) is 0 Å². The molecule has 0 unspecified atom stereocenters. The summed E-state index contributed by atoms with van der Waals surface area (Å²) in [5, 5.41) is 0. The zero-order chi connectivity index (χ0) is 17.2. The number of hydrogen-bond donors (Lipinski definition) is 0. The highest BCUT2D eigenvalue weighted by atomic mass is 19.4. The molecule has 5 heteroatoms. The molecule has 2 rings (SSSR count). The molecule has 0 aliphatic heterocycles. The van der Waals surface area contributed by atoms with Gasteiger partial charge in [0, 0.05) is 0 Å². The third-order valence-electron chi connectivity index (χ3n) is 4.65. The minimum absolute atomic E-state index is 0.0412. The number of alkyl halides is 3. The van der Waals surface area contributed by atoms with Crippen LogP contribution in [0.5, 0.6) is 0 Å². The Labute approximate surface area is 135 Å². The predicted molar refractivity (Wildman–Crippen MR) is 82.0 cm³/mol. The van der Waals surface area contributed by atoms with Gasteiger partial charge >= 0.3 is 12.1 Å². The molecule has 1 fully saturated rings. The molecular weight excluding hydrogens is 305 g/mol. The summed E-state index contributed by atoms with van der Waals surface area (Å²) in [6, 6.07) is 4.42. The molecule has 0 aromatic heterocycles. The number of benzene rings is 1. The Kier molecular flexibility index (Phi) is 5.37. The van der Waals surface area contributed by atoms with Crippen molar-refractivity contribution in [3.8, 4) is 0 Å². The van der Waals surface area contributed by atoms with Crippen molar-refractivity contribution in [3.05, 3.63) is 35.4 Å². The van der Waals surface area contributed by atoms with Gasteiger partial charge in [-0.1, -0.05) is 33.3 Å². The van der Waals surface area contributed by atoms with Crippen LogP contribution in [0.3, 0.4) is 0 Å². The maximum absolute atomic E-state index is 12.8. The van der Waals surface area contributed by atoms with Crippen molar-refractivity contribution in [1.82, 2.24) is 0 Å². The molecule has 0 amide bonds. The third kappa shape index (κ3) is 4.49. The molecule has 0 saturated heterocycles. The number of hydrogen-bond acceptors (Lipinski definition) is 2. The Morgan fingerprint density at radius 3 is 2.57 bits per heavy atom. The van der Waals surface area contributed by atoms with Crippen molar-refractivity contribution in [2.45, 2.75) is 52.3 Å². The first-order valence-corrected chi connectivity index (χ1v) is 8.06. The van der Waals surface area contributed by atoms with Crippen LogP contribution in [0.25, 0.3) is 0 Å². The minimum Gasteiger partial charge on any atom is -0.458 e. The number of rotatable bonds is 3. The lowest BCUT2D eigenvalue weighted by molar-refractivity contribution is -0.137.